The number of nitrogens with one attached hydrogen (secondary N) is 1. The maximum absolute atomic E-state index is 12.1. The molecular weight excluding hydrogens is 272 g/mol. The summed E-state index contributed by atoms with van der Waals surface area (Å²) in [6.07, 6.45) is 0. The highest BCUT2D eigenvalue weighted by Crippen LogP contribution is 2.19. The average Bonchev–Trinajstić information content (AvgIpc) is 2.95. The van der Waals surface area contributed by atoms with Gasteiger partial charge in [-0.1, -0.05) is 35.4 Å². The van der Waals surface area contributed by atoms with E-state index in [-0.39, 0.29) is 18.5 Å². The van der Waals surface area contributed by atoms with Gasteiger partial charge in [-0.15, -0.1) is 11.3 Å². The van der Waals surface area contributed by atoms with E-state index < -0.39 is 0 Å². The van der Waals surface area contributed by atoms with Gasteiger partial charge in [-0.25, -0.2) is 0 Å². The number of carbonyl (C=O) groups is 1. The van der Waals surface area contributed by atoms with Crippen molar-refractivity contribution in [1.82, 2.24) is 5.32 Å². The third kappa shape index (κ3) is 3.60. The monoisotopic (exact) mass is 286 g/mol. The van der Waals surface area contributed by atoms with E-state index in [1.54, 1.807) is 12.1 Å². The van der Waals surface area contributed by atoms with Crippen molar-refractivity contribution in [3.63, 3.8) is 0 Å². The number of nitrogens with zero attached hydrogens (tertiary/aromatic N) is 3. The second-order valence-electron chi connectivity index (χ2n) is 4.26. The first-order valence-electron chi connectivity index (χ1n) is 6.16. The molecule has 1 aromatic heterocycles. The summed E-state index contributed by atoms with van der Waals surface area (Å²) in [5.74, 6) is -0.112. The Balaban J connectivity index is 2.01. The van der Waals surface area contributed by atoms with Crippen LogP contribution in [0.2, 0.25) is 0 Å². The molecule has 0 aliphatic rings. The molecule has 1 atom stereocenters. The number of carbonyl (C=O) groups excluding carboxylic acids is 1. The minimum Gasteiger partial charge on any atom is -0.345 e. The van der Waals surface area contributed by atoms with Crippen LogP contribution in [0.3, 0.4) is 0 Å². The molecule has 0 bridgehead atoms. The van der Waals surface area contributed by atoms with Gasteiger partial charge in [0.1, 0.15) is 0 Å². The van der Waals surface area contributed by atoms with Crippen LogP contribution in [0.1, 0.15) is 33.1 Å². The number of thiophene rings is 1. The molecule has 6 heteroatoms. The molecule has 20 heavy (non-hydrogen) atoms. The van der Waals surface area contributed by atoms with E-state index in [0.717, 1.165) is 10.4 Å². The van der Waals surface area contributed by atoms with E-state index in [2.05, 4.69) is 15.3 Å². The molecule has 5 nitrogen and oxygen atoms in total. The van der Waals surface area contributed by atoms with Gasteiger partial charge in [0.2, 0.25) is 0 Å². The van der Waals surface area contributed by atoms with Crippen LogP contribution in [0.5, 0.6) is 0 Å². The maximum atomic E-state index is 12.1. The highest BCUT2D eigenvalue weighted by Gasteiger charge is 2.13. The zero-order chi connectivity index (χ0) is 14.4. The third-order valence-electron chi connectivity index (χ3n) is 2.82. The van der Waals surface area contributed by atoms with E-state index in [0.29, 0.717) is 4.88 Å². The Morgan fingerprint density at radius 2 is 2.10 bits per heavy atom. The SMILES string of the molecule is C[C@H](NC(=O)c1ccc(CN=[N+]=[N-])s1)c1ccccc1. The zero-order valence-electron chi connectivity index (χ0n) is 11.0. The normalized spacial score (nSPS) is 11.4. The Morgan fingerprint density at radius 1 is 1.35 bits per heavy atom. The molecule has 0 fully saturated rings. The van der Waals surface area contributed by atoms with Crippen molar-refractivity contribution >= 4 is 17.2 Å². The molecule has 0 unspecified atom stereocenters. The van der Waals surface area contributed by atoms with Crippen molar-refractivity contribution < 1.29 is 4.79 Å². The third-order valence-corrected chi connectivity index (χ3v) is 3.89. The van der Waals surface area contributed by atoms with Gasteiger partial charge in [0, 0.05) is 9.79 Å². The largest absolute Gasteiger partial charge is 0.345 e. The summed E-state index contributed by atoms with van der Waals surface area (Å²) >= 11 is 1.34. The maximum Gasteiger partial charge on any atom is 0.261 e. The fourth-order valence-corrected chi connectivity index (χ4v) is 2.61. The molecule has 1 heterocycles. The number of hydrogen-bond acceptors (Lipinski definition) is 3. The molecule has 1 amide bonds. The topological polar surface area (TPSA) is 77.9 Å². The molecule has 0 saturated heterocycles. The van der Waals surface area contributed by atoms with Gasteiger partial charge in [-0.05, 0) is 30.2 Å². The van der Waals surface area contributed by atoms with Gasteiger partial charge in [-0.2, -0.15) is 0 Å². The Labute approximate surface area is 120 Å². The van der Waals surface area contributed by atoms with E-state index in [4.69, 9.17) is 5.53 Å². The Hall–Kier alpha value is -2.30. The van der Waals surface area contributed by atoms with Gasteiger partial charge in [0.15, 0.2) is 0 Å². The molecular formula is C14H14N4OS. The van der Waals surface area contributed by atoms with Crippen LogP contribution in [0, 0.1) is 0 Å². The van der Waals surface area contributed by atoms with Crippen LogP contribution >= 0.6 is 11.3 Å². The lowest BCUT2D eigenvalue weighted by atomic mass is 10.1. The van der Waals surface area contributed by atoms with E-state index in [9.17, 15) is 4.79 Å². The van der Waals surface area contributed by atoms with Gasteiger partial charge in [0.25, 0.3) is 5.91 Å². The van der Waals surface area contributed by atoms with E-state index >= 15 is 0 Å². The molecule has 0 radical (unpaired) electrons. The van der Waals surface area contributed by atoms with E-state index in [1.807, 2.05) is 37.3 Å². The number of benzene rings is 1. The smallest absolute Gasteiger partial charge is 0.261 e. The van der Waals surface area contributed by atoms with Crippen LogP contribution in [0.25, 0.3) is 10.4 Å². The van der Waals surface area contributed by atoms with Crippen molar-refractivity contribution in [2.45, 2.75) is 19.5 Å². The summed E-state index contributed by atoms with van der Waals surface area (Å²) in [5.41, 5.74) is 9.33. The lowest BCUT2D eigenvalue weighted by molar-refractivity contribution is 0.0944. The van der Waals surface area contributed by atoms with Crippen molar-refractivity contribution in [3.05, 3.63) is 68.2 Å². The second kappa shape index (κ2) is 6.75. The summed E-state index contributed by atoms with van der Waals surface area (Å²) < 4.78 is 0. The summed E-state index contributed by atoms with van der Waals surface area (Å²) in [5, 5.41) is 6.43. The van der Waals surface area contributed by atoms with Gasteiger partial charge >= 0.3 is 0 Å². The average molecular weight is 286 g/mol. The highest BCUT2D eigenvalue weighted by atomic mass is 32.1. The molecule has 2 aromatic rings. The van der Waals surface area contributed by atoms with E-state index in [1.165, 1.54) is 11.3 Å². The standard InChI is InChI=1S/C14H14N4OS/c1-10(11-5-3-2-4-6-11)17-14(19)13-8-7-12(20-13)9-16-18-15/h2-8,10H,9H2,1H3,(H,17,19)/t10-/m0/s1. The predicted molar refractivity (Wildman–Crippen MR) is 79.5 cm³/mol. The van der Waals surface area contributed by atoms with Crippen LogP contribution in [-0.4, -0.2) is 5.91 Å². The van der Waals surface area contributed by atoms with Crippen molar-refractivity contribution in [2.75, 3.05) is 0 Å². The van der Waals surface area contributed by atoms with Crippen LogP contribution < -0.4 is 5.32 Å². The minimum atomic E-state index is -0.112. The fourth-order valence-electron chi connectivity index (χ4n) is 1.78. The number of rotatable bonds is 5. The van der Waals surface area contributed by atoms with Gasteiger partial charge in [-0.3, -0.25) is 4.79 Å². The number of azide groups is 1. The summed E-state index contributed by atoms with van der Waals surface area (Å²) in [7, 11) is 0. The Morgan fingerprint density at radius 3 is 2.80 bits per heavy atom. The molecule has 102 valence electrons. The first-order valence-corrected chi connectivity index (χ1v) is 6.97. The van der Waals surface area contributed by atoms with Crippen molar-refractivity contribution in [3.8, 4) is 0 Å². The van der Waals surface area contributed by atoms with Gasteiger partial charge < -0.3 is 5.32 Å². The molecule has 0 spiro atoms. The minimum absolute atomic E-state index is 0.0496. The lowest BCUT2D eigenvalue weighted by Gasteiger charge is -2.13. The quantitative estimate of drug-likeness (QED) is 0.502. The van der Waals surface area contributed by atoms with Gasteiger partial charge in [0.05, 0.1) is 17.5 Å². The molecule has 0 aliphatic heterocycles. The van der Waals surface area contributed by atoms with Crippen LogP contribution in [-0.2, 0) is 6.54 Å². The predicted octanol–water partition coefficient (Wildman–Crippen LogP) is 4.05. The second-order valence-corrected chi connectivity index (χ2v) is 5.43. The highest BCUT2D eigenvalue weighted by molar-refractivity contribution is 7.14. The Kier molecular flexibility index (Phi) is 4.76. The van der Waals surface area contributed by atoms with Crippen molar-refractivity contribution in [1.29, 1.82) is 0 Å². The fraction of sp³-hybridized carbons (Fsp3) is 0.214. The molecule has 1 N–H and O–H groups in total. The summed E-state index contributed by atoms with van der Waals surface area (Å²) in [4.78, 5) is 16.3. The zero-order valence-corrected chi connectivity index (χ0v) is 11.8. The molecule has 2 rings (SSSR count). The van der Waals surface area contributed by atoms with Crippen molar-refractivity contribution in [2.24, 2.45) is 5.11 Å². The molecule has 0 aliphatic carbocycles. The molecule has 1 aromatic carbocycles. The van der Waals surface area contributed by atoms with Crippen LogP contribution in [0.4, 0.5) is 0 Å². The number of amides is 1. The first-order chi connectivity index (χ1) is 9.70. The first kappa shape index (κ1) is 14.1. The number of hydrogen-bond donors (Lipinski definition) is 1. The molecule has 0 saturated carbocycles. The summed E-state index contributed by atoms with van der Waals surface area (Å²) in [6, 6.07) is 13.3. The summed E-state index contributed by atoms with van der Waals surface area (Å²) in [6.45, 7) is 2.23. The lowest BCUT2D eigenvalue weighted by Crippen LogP contribution is -2.25. The van der Waals surface area contributed by atoms with Crippen LogP contribution in [0.15, 0.2) is 47.6 Å². The Bertz CT molecular complexity index is 632.